The first kappa shape index (κ1) is 13.7. The number of aromatic nitrogens is 2. The Bertz CT molecular complexity index is 388. The first-order chi connectivity index (χ1) is 8.13. The minimum absolute atomic E-state index is 0.110. The molecule has 94 valence electrons. The van der Waals surface area contributed by atoms with E-state index < -0.39 is 0 Å². The topological polar surface area (TPSA) is 102 Å². The molecular weight excluding hydrogens is 290 g/mol. The van der Waals surface area contributed by atoms with E-state index in [1.807, 2.05) is 0 Å². The normalized spacial score (nSPS) is 10.0. The average Bonchev–Trinajstić information content (AvgIpc) is 2.31. The van der Waals surface area contributed by atoms with Gasteiger partial charge in [0.2, 0.25) is 11.9 Å². The van der Waals surface area contributed by atoms with Gasteiger partial charge in [-0.3, -0.25) is 4.79 Å². The number of anilines is 2. The molecule has 1 rings (SSSR count). The Kier molecular flexibility index (Phi) is 5.64. The molecule has 0 aliphatic heterocycles. The van der Waals surface area contributed by atoms with Crippen LogP contribution in [-0.4, -0.2) is 42.7 Å². The van der Waals surface area contributed by atoms with Gasteiger partial charge < -0.3 is 21.1 Å². The van der Waals surface area contributed by atoms with Crippen molar-refractivity contribution in [1.29, 1.82) is 0 Å². The van der Waals surface area contributed by atoms with Crippen molar-refractivity contribution in [1.82, 2.24) is 15.3 Å². The highest BCUT2D eigenvalue weighted by Gasteiger charge is 2.05. The lowest BCUT2D eigenvalue weighted by molar-refractivity contribution is -0.119. The van der Waals surface area contributed by atoms with Crippen molar-refractivity contribution in [3.05, 3.63) is 10.7 Å². The van der Waals surface area contributed by atoms with Gasteiger partial charge in [-0.2, -0.15) is 4.98 Å². The third-order valence-electron chi connectivity index (χ3n) is 1.81. The Labute approximate surface area is 107 Å². The van der Waals surface area contributed by atoms with Crippen molar-refractivity contribution in [2.75, 3.05) is 37.9 Å². The number of amides is 1. The van der Waals surface area contributed by atoms with Gasteiger partial charge in [0, 0.05) is 19.9 Å². The highest BCUT2D eigenvalue weighted by Crippen LogP contribution is 2.18. The van der Waals surface area contributed by atoms with Crippen LogP contribution in [0.1, 0.15) is 0 Å². The van der Waals surface area contributed by atoms with E-state index in [9.17, 15) is 4.79 Å². The van der Waals surface area contributed by atoms with Gasteiger partial charge in [-0.15, -0.1) is 0 Å². The predicted octanol–water partition coefficient (Wildman–Crippen LogP) is -0.00420. The molecule has 0 fully saturated rings. The number of carbonyl (C=O) groups excluding carboxylic acids is 1. The fraction of sp³-hybridized carbons (Fsp3) is 0.444. The van der Waals surface area contributed by atoms with Crippen molar-refractivity contribution in [3.63, 3.8) is 0 Å². The van der Waals surface area contributed by atoms with Crippen LogP contribution in [0.2, 0.25) is 0 Å². The number of nitrogens with one attached hydrogen (secondary N) is 2. The summed E-state index contributed by atoms with van der Waals surface area (Å²) in [6.07, 6.45) is 1.52. The Balaban J connectivity index is 2.39. The number of nitrogens with two attached hydrogens (primary N) is 1. The second kappa shape index (κ2) is 7.02. The van der Waals surface area contributed by atoms with Crippen LogP contribution < -0.4 is 16.4 Å². The zero-order valence-electron chi connectivity index (χ0n) is 9.36. The SMILES string of the molecule is COCCNC(=O)CNc1nc(N)ncc1Br. The number of nitrogen functional groups attached to an aromatic ring is 1. The van der Waals surface area contributed by atoms with Gasteiger partial charge in [0.25, 0.3) is 0 Å². The van der Waals surface area contributed by atoms with Crippen LogP contribution in [0.15, 0.2) is 10.7 Å². The van der Waals surface area contributed by atoms with Crippen molar-refractivity contribution < 1.29 is 9.53 Å². The summed E-state index contributed by atoms with van der Waals surface area (Å²) >= 11 is 3.25. The van der Waals surface area contributed by atoms with Gasteiger partial charge in [0.1, 0.15) is 5.82 Å². The molecule has 4 N–H and O–H groups in total. The Morgan fingerprint density at radius 1 is 1.65 bits per heavy atom. The molecule has 1 heterocycles. The summed E-state index contributed by atoms with van der Waals surface area (Å²) in [5, 5.41) is 5.52. The second-order valence-electron chi connectivity index (χ2n) is 3.12. The molecule has 17 heavy (non-hydrogen) atoms. The minimum atomic E-state index is -0.147. The fourth-order valence-corrected chi connectivity index (χ4v) is 1.35. The number of hydrogen-bond acceptors (Lipinski definition) is 6. The summed E-state index contributed by atoms with van der Waals surface area (Å²) in [4.78, 5) is 19.1. The first-order valence-electron chi connectivity index (χ1n) is 4.91. The molecule has 1 aromatic rings. The Morgan fingerprint density at radius 2 is 2.41 bits per heavy atom. The molecule has 8 heteroatoms. The van der Waals surface area contributed by atoms with Crippen molar-refractivity contribution in [2.24, 2.45) is 0 Å². The summed E-state index contributed by atoms with van der Waals surface area (Å²) in [5.41, 5.74) is 5.43. The highest BCUT2D eigenvalue weighted by molar-refractivity contribution is 9.10. The number of methoxy groups -OCH3 is 1. The summed E-state index contributed by atoms with van der Waals surface area (Å²) < 4.78 is 5.46. The number of rotatable bonds is 6. The molecule has 0 atom stereocenters. The van der Waals surface area contributed by atoms with Crippen LogP contribution in [0, 0.1) is 0 Å². The molecule has 1 aromatic heterocycles. The first-order valence-corrected chi connectivity index (χ1v) is 5.70. The van der Waals surface area contributed by atoms with Gasteiger partial charge in [0.05, 0.1) is 17.6 Å². The quantitative estimate of drug-likeness (QED) is 0.639. The summed E-state index contributed by atoms with van der Waals surface area (Å²) in [5.74, 6) is 0.487. The van der Waals surface area contributed by atoms with Crippen LogP contribution in [0.4, 0.5) is 11.8 Å². The molecule has 0 spiro atoms. The van der Waals surface area contributed by atoms with E-state index in [-0.39, 0.29) is 18.4 Å². The second-order valence-corrected chi connectivity index (χ2v) is 3.98. The standard InChI is InChI=1S/C9H14BrN5O2/c1-17-3-2-12-7(16)5-13-8-6(10)4-14-9(11)15-8/h4H,2-3,5H2,1H3,(H,12,16)(H3,11,13,14,15). The minimum Gasteiger partial charge on any atom is -0.383 e. The number of ether oxygens (including phenoxy) is 1. The van der Waals surface area contributed by atoms with Crippen LogP contribution in [0.5, 0.6) is 0 Å². The van der Waals surface area contributed by atoms with Crippen molar-refractivity contribution >= 4 is 33.6 Å². The number of halogens is 1. The molecule has 0 bridgehead atoms. The zero-order valence-corrected chi connectivity index (χ0v) is 11.0. The summed E-state index contributed by atoms with van der Waals surface area (Å²) in [6, 6.07) is 0. The zero-order chi connectivity index (χ0) is 12.7. The lowest BCUT2D eigenvalue weighted by Gasteiger charge is -2.08. The van der Waals surface area contributed by atoms with Crippen LogP contribution in [-0.2, 0) is 9.53 Å². The molecular formula is C9H14BrN5O2. The molecule has 0 saturated heterocycles. The third-order valence-corrected chi connectivity index (χ3v) is 2.39. The molecule has 0 aromatic carbocycles. The van der Waals surface area contributed by atoms with Gasteiger partial charge in [-0.25, -0.2) is 4.98 Å². The lowest BCUT2D eigenvalue weighted by atomic mass is 10.5. The van der Waals surface area contributed by atoms with E-state index in [4.69, 9.17) is 10.5 Å². The lowest BCUT2D eigenvalue weighted by Crippen LogP contribution is -2.32. The van der Waals surface area contributed by atoms with Gasteiger partial charge >= 0.3 is 0 Å². The smallest absolute Gasteiger partial charge is 0.239 e. The Hall–Kier alpha value is -1.41. The monoisotopic (exact) mass is 303 g/mol. The van der Waals surface area contributed by atoms with Gasteiger partial charge in [0.15, 0.2) is 0 Å². The number of nitrogens with zero attached hydrogens (tertiary/aromatic N) is 2. The highest BCUT2D eigenvalue weighted by atomic mass is 79.9. The average molecular weight is 304 g/mol. The van der Waals surface area contributed by atoms with Crippen LogP contribution in [0.3, 0.4) is 0 Å². The molecule has 0 aliphatic carbocycles. The Morgan fingerprint density at radius 3 is 3.12 bits per heavy atom. The van der Waals surface area contributed by atoms with E-state index in [1.165, 1.54) is 6.20 Å². The molecule has 7 nitrogen and oxygen atoms in total. The summed E-state index contributed by atoms with van der Waals surface area (Å²) in [7, 11) is 1.57. The fourth-order valence-electron chi connectivity index (χ4n) is 1.02. The maximum absolute atomic E-state index is 11.4. The largest absolute Gasteiger partial charge is 0.383 e. The van der Waals surface area contributed by atoms with E-state index in [1.54, 1.807) is 7.11 Å². The number of carbonyl (C=O) groups is 1. The molecule has 0 radical (unpaired) electrons. The maximum atomic E-state index is 11.4. The van der Waals surface area contributed by atoms with Crippen molar-refractivity contribution in [3.8, 4) is 0 Å². The molecule has 1 amide bonds. The predicted molar refractivity (Wildman–Crippen MR) is 67.5 cm³/mol. The van der Waals surface area contributed by atoms with Gasteiger partial charge in [-0.1, -0.05) is 0 Å². The van der Waals surface area contributed by atoms with Crippen LogP contribution in [0.25, 0.3) is 0 Å². The van der Waals surface area contributed by atoms with E-state index in [0.717, 1.165) is 0 Å². The molecule has 0 unspecified atom stereocenters. The van der Waals surface area contributed by atoms with Crippen molar-refractivity contribution in [2.45, 2.75) is 0 Å². The van der Waals surface area contributed by atoms with E-state index in [2.05, 4.69) is 36.5 Å². The molecule has 0 saturated carbocycles. The van der Waals surface area contributed by atoms with Crippen LogP contribution >= 0.6 is 15.9 Å². The van der Waals surface area contributed by atoms with E-state index in [0.29, 0.717) is 23.4 Å². The molecule has 0 aliphatic rings. The van der Waals surface area contributed by atoms with E-state index >= 15 is 0 Å². The van der Waals surface area contributed by atoms with Gasteiger partial charge in [-0.05, 0) is 15.9 Å². The summed E-state index contributed by atoms with van der Waals surface area (Å²) in [6.45, 7) is 1.07. The third kappa shape index (κ3) is 4.96. The maximum Gasteiger partial charge on any atom is 0.239 e. The number of hydrogen-bond donors (Lipinski definition) is 3.